The van der Waals surface area contributed by atoms with Crippen LogP contribution in [0.3, 0.4) is 0 Å². The Balaban J connectivity index is 4.82. The molecular formula is C13H26N2O4S2. The summed E-state index contributed by atoms with van der Waals surface area (Å²) in [5.41, 5.74) is 0. The van der Waals surface area contributed by atoms with Gasteiger partial charge in [0.2, 0.25) is 11.8 Å². The van der Waals surface area contributed by atoms with Crippen LogP contribution in [0.2, 0.25) is 0 Å². The van der Waals surface area contributed by atoms with E-state index in [4.69, 9.17) is 0 Å². The molecule has 21 heavy (non-hydrogen) atoms. The van der Waals surface area contributed by atoms with Gasteiger partial charge < -0.3 is 20.8 Å². The molecule has 0 aromatic rings. The van der Waals surface area contributed by atoms with Crippen molar-refractivity contribution in [3.05, 3.63) is 0 Å². The van der Waals surface area contributed by atoms with Gasteiger partial charge in [-0.3, -0.25) is 9.59 Å². The van der Waals surface area contributed by atoms with Crippen molar-refractivity contribution >= 4 is 35.3 Å². The van der Waals surface area contributed by atoms with Gasteiger partial charge in [0.1, 0.15) is 12.2 Å². The standard InChI is InChI=1S/C13H26N2O4S2/c1-5-20-13(21-6-2)12(19)11(18)10(15-9(4)17)7-14-8(3)16/h10-13,18-19H,5-7H2,1-4H3,(H,14,16)(H,15,17)/t10-,11+,12-/m0/s1. The summed E-state index contributed by atoms with van der Waals surface area (Å²) in [5, 5.41) is 25.8. The van der Waals surface area contributed by atoms with Crippen LogP contribution in [-0.2, 0) is 9.59 Å². The molecule has 0 fully saturated rings. The second kappa shape index (κ2) is 11.2. The van der Waals surface area contributed by atoms with Gasteiger partial charge >= 0.3 is 0 Å². The van der Waals surface area contributed by atoms with Gasteiger partial charge in [-0.15, -0.1) is 23.5 Å². The number of thioether (sulfide) groups is 2. The highest BCUT2D eigenvalue weighted by Crippen LogP contribution is 2.28. The summed E-state index contributed by atoms with van der Waals surface area (Å²) in [7, 11) is 0. The first-order chi connectivity index (χ1) is 9.83. The molecule has 0 aliphatic rings. The molecule has 0 aliphatic heterocycles. The van der Waals surface area contributed by atoms with Crippen LogP contribution in [0.5, 0.6) is 0 Å². The number of carbonyl (C=O) groups excluding carboxylic acids is 2. The lowest BCUT2D eigenvalue weighted by Crippen LogP contribution is -2.55. The minimum absolute atomic E-state index is 0.0768. The molecule has 124 valence electrons. The number of nitrogens with one attached hydrogen (secondary N) is 2. The third-order valence-electron chi connectivity index (χ3n) is 2.66. The Morgan fingerprint density at radius 3 is 1.90 bits per heavy atom. The highest BCUT2D eigenvalue weighted by atomic mass is 32.2. The van der Waals surface area contributed by atoms with Crippen molar-refractivity contribution < 1.29 is 19.8 Å². The molecule has 0 aromatic carbocycles. The predicted octanol–water partition coefficient (Wildman–Crippen LogP) is 0.181. The summed E-state index contributed by atoms with van der Waals surface area (Å²) >= 11 is 3.10. The molecule has 0 radical (unpaired) electrons. The monoisotopic (exact) mass is 338 g/mol. The van der Waals surface area contributed by atoms with E-state index in [1.807, 2.05) is 13.8 Å². The summed E-state index contributed by atoms with van der Waals surface area (Å²) in [6, 6.07) is -0.723. The molecule has 0 unspecified atom stereocenters. The topological polar surface area (TPSA) is 98.7 Å². The Kier molecular flexibility index (Phi) is 10.9. The molecule has 0 bridgehead atoms. The molecule has 0 saturated heterocycles. The van der Waals surface area contributed by atoms with Crippen molar-refractivity contribution in [3.63, 3.8) is 0 Å². The largest absolute Gasteiger partial charge is 0.388 e. The maximum absolute atomic E-state index is 11.2. The second-order valence-corrected chi connectivity index (χ2v) is 7.64. The van der Waals surface area contributed by atoms with Crippen molar-refractivity contribution in [1.82, 2.24) is 10.6 Å². The van der Waals surface area contributed by atoms with Crippen molar-refractivity contribution in [3.8, 4) is 0 Å². The molecule has 0 aliphatic carbocycles. The summed E-state index contributed by atoms with van der Waals surface area (Å²) in [6.07, 6.45) is -2.14. The quantitative estimate of drug-likeness (QED) is 0.424. The fraction of sp³-hybridized carbons (Fsp3) is 0.846. The van der Waals surface area contributed by atoms with E-state index >= 15 is 0 Å². The van der Waals surface area contributed by atoms with Crippen LogP contribution in [0.15, 0.2) is 0 Å². The van der Waals surface area contributed by atoms with E-state index in [2.05, 4.69) is 10.6 Å². The number of hydrogen-bond acceptors (Lipinski definition) is 6. The summed E-state index contributed by atoms with van der Waals surface area (Å²) < 4.78 is -0.177. The van der Waals surface area contributed by atoms with E-state index < -0.39 is 18.2 Å². The molecule has 0 heterocycles. The second-order valence-electron chi connectivity index (χ2n) is 4.50. The fourth-order valence-electron chi connectivity index (χ4n) is 1.74. The highest BCUT2D eigenvalue weighted by molar-refractivity contribution is 8.17. The van der Waals surface area contributed by atoms with Crippen LogP contribution in [0.1, 0.15) is 27.7 Å². The van der Waals surface area contributed by atoms with Crippen molar-refractivity contribution in [2.45, 2.75) is 50.5 Å². The smallest absolute Gasteiger partial charge is 0.217 e. The van der Waals surface area contributed by atoms with Gasteiger partial charge in [0.15, 0.2) is 0 Å². The molecule has 6 nitrogen and oxygen atoms in total. The van der Waals surface area contributed by atoms with Gasteiger partial charge in [0, 0.05) is 20.4 Å². The van der Waals surface area contributed by atoms with Crippen LogP contribution in [0.25, 0.3) is 0 Å². The van der Waals surface area contributed by atoms with Gasteiger partial charge in [0.25, 0.3) is 0 Å². The normalized spacial score (nSPS) is 15.4. The lowest BCUT2D eigenvalue weighted by molar-refractivity contribution is -0.123. The van der Waals surface area contributed by atoms with Gasteiger partial charge in [-0.05, 0) is 11.5 Å². The van der Waals surface area contributed by atoms with Gasteiger partial charge in [0.05, 0.1) is 10.6 Å². The van der Waals surface area contributed by atoms with E-state index in [1.165, 1.54) is 13.8 Å². The van der Waals surface area contributed by atoms with E-state index in [9.17, 15) is 19.8 Å². The Morgan fingerprint density at radius 2 is 1.52 bits per heavy atom. The van der Waals surface area contributed by atoms with Crippen LogP contribution in [-0.4, -0.2) is 62.9 Å². The Labute approximate surface area is 134 Å². The number of carbonyl (C=O) groups is 2. The number of amides is 2. The zero-order valence-corrected chi connectivity index (χ0v) is 14.6. The van der Waals surface area contributed by atoms with E-state index in [1.54, 1.807) is 23.5 Å². The van der Waals surface area contributed by atoms with E-state index in [-0.39, 0.29) is 22.9 Å². The maximum atomic E-state index is 11.2. The van der Waals surface area contributed by atoms with Crippen LogP contribution in [0.4, 0.5) is 0 Å². The maximum Gasteiger partial charge on any atom is 0.217 e. The highest BCUT2D eigenvalue weighted by Gasteiger charge is 2.32. The molecule has 0 rings (SSSR count). The molecule has 8 heteroatoms. The molecule has 0 spiro atoms. The first-order valence-corrected chi connectivity index (χ1v) is 9.04. The van der Waals surface area contributed by atoms with Crippen molar-refractivity contribution in [2.24, 2.45) is 0 Å². The predicted molar refractivity (Wildman–Crippen MR) is 88.4 cm³/mol. The van der Waals surface area contributed by atoms with Crippen LogP contribution >= 0.6 is 23.5 Å². The third kappa shape index (κ3) is 8.55. The van der Waals surface area contributed by atoms with Gasteiger partial charge in [-0.2, -0.15) is 0 Å². The van der Waals surface area contributed by atoms with Crippen molar-refractivity contribution in [1.29, 1.82) is 0 Å². The van der Waals surface area contributed by atoms with E-state index in [0.29, 0.717) is 0 Å². The SMILES string of the molecule is CCSC(SCC)[C@@H](O)[C@H](O)[C@H](CNC(C)=O)NC(C)=O. The lowest BCUT2D eigenvalue weighted by Gasteiger charge is -2.31. The molecular weight excluding hydrogens is 312 g/mol. The average molecular weight is 338 g/mol. The van der Waals surface area contributed by atoms with E-state index in [0.717, 1.165) is 11.5 Å². The first kappa shape index (κ1) is 20.6. The fourth-order valence-corrected chi connectivity index (χ4v) is 4.32. The zero-order valence-electron chi connectivity index (χ0n) is 13.0. The Morgan fingerprint density at radius 1 is 1.00 bits per heavy atom. The molecule has 0 saturated carbocycles. The van der Waals surface area contributed by atoms with Crippen LogP contribution < -0.4 is 10.6 Å². The molecule has 4 N–H and O–H groups in total. The number of hydrogen-bond donors (Lipinski definition) is 4. The van der Waals surface area contributed by atoms with Gasteiger partial charge in [-0.25, -0.2) is 0 Å². The summed E-state index contributed by atoms with van der Waals surface area (Å²) in [4.78, 5) is 22.2. The van der Waals surface area contributed by atoms with Crippen molar-refractivity contribution in [2.75, 3.05) is 18.1 Å². The zero-order chi connectivity index (χ0) is 16.4. The van der Waals surface area contributed by atoms with Gasteiger partial charge in [-0.1, -0.05) is 13.8 Å². The minimum Gasteiger partial charge on any atom is -0.388 e. The number of aliphatic hydroxyl groups excluding tert-OH is 2. The number of rotatable bonds is 10. The molecule has 0 aromatic heterocycles. The lowest BCUT2D eigenvalue weighted by atomic mass is 10.1. The first-order valence-electron chi connectivity index (χ1n) is 6.94. The third-order valence-corrected chi connectivity index (χ3v) is 5.36. The summed E-state index contributed by atoms with van der Waals surface area (Å²) in [6.45, 7) is 6.73. The molecule has 3 atom stereocenters. The minimum atomic E-state index is -1.15. The Bertz CT molecular complexity index is 325. The number of aliphatic hydroxyl groups is 2. The summed E-state index contributed by atoms with van der Waals surface area (Å²) in [5.74, 6) is 1.06. The molecule has 2 amide bonds. The van der Waals surface area contributed by atoms with Crippen LogP contribution in [0, 0.1) is 0 Å². The average Bonchev–Trinajstić information content (AvgIpc) is 2.41. The Hall–Kier alpha value is -0.440.